The quantitative estimate of drug-likeness (QED) is 0.767. The minimum absolute atomic E-state index is 0.219. The van der Waals surface area contributed by atoms with Gasteiger partial charge in [0, 0.05) is 9.37 Å². The molecule has 12 heavy (non-hydrogen) atoms. The highest BCUT2D eigenvalue weighted by Crippen LogP contribution is 2.21. The molecule has 0 aliphatic rings. The molecule has 0 saturated heterocycles. The molecule has 0 fully saturated rings. The van der Waals surface area contributed by atoms with E-state index < -0.39 is 5.91 Å². The lowest BCUT2D eigenvalue weighted by atomic mass is 10.4. The summed E-state index contributed by atoms with van der Waals surface area (Å²) in [5.41, 5.74) is 6.71. The fourth-order valence-electron chi connectivity index (χ4n) is 0.706. The summed E-state index contributed by atoms with van der Waals surface area (Å²) in [5, 5.41) is 0. The van der Waals surface area contributed by atoms with Crippen molar-refractivity contribution < 1.29 is 4.79 Å². The van der Waals surface area contributed by atoms with Crippen molar-refractivity contribution in [2.24, 2.45) is 0 Å². The Balaban J connectivity index is 2.57. The van der Waals surface area contributed by atoms with Crippen molar-refractivity contribution >= 4 is 33.6 Å². The Labute approximate surface area is 83.7 Å². The molecule has 0 spiro atoms. The van der Waals surface area contributed by atoms with Gasteiger partial charge in [-0.15, -0.1) is 11.8 Å². The van der Waals surface area contributed by atoms with E-state index in [0.717, 1.165) is 9.37 Å². The van der Waals surface area contributed by atoms with Crippen LogP contribution in [0.3, 0.4) is 0 Å². The molecule has 63 valence electrons. The number of carbonyl (C=O) groups excluding carboxylic acids is 1. The Bertz CT molecular complexity index is 290. The largest absolute Gasteiger partial charge is 0.272 e. The molecular weight excluding hydrogens is 238 g/mol. The molecule has 1 N–H and O–H groups in total. The van der Waals surface area contributed by atoms with Gasteiger partial charge in [0.05, 0.1) is 5.75 Å². The summed E-state index contributed by atoms with van der Waals surface area (Å²) in [6.45, 7) is 0. The molecule has 0 atom stereocenters. The SMILES string of the molecule is [NH]C(=O)CSc1cccc(Br)c1. The van der Waals surface area contributed by atoms with E-state index in [1.54, 1.807) is 0 Å². The predicted molar refractivity (Wildman–Crippen MR) is 53.0 cm³/mol. The average Bonchev–Trinajstić information content (AvgIpc) is 2.01. The Kier molecular flexibility index (Phi) is 3.62. The number of hydrogen-bond acceptors (Lipinski definition) is 2. The van der Waals surface area contributed by atoms with Crippen LogP contribution in [-0.4, -0.2) is 11.7 Å². The topological polar surface area (TPSA) is 40.9 Å². The van der Waals surface area contributed by atoms with Gasteiger partial charge in [-0.05, 0) is 18.2 Å². The molecular formula is C8H7BrNOS. The van der Waals surface area contributed by atoms with Crippen LogP contribution >= 0.6 is 27.7 Å². The lowest BCUT2D eigenvalue weighted by Gasteiger charge is -1.97. The molecule has 1 rings (SSSR count). The zero-order chi connectivity index (χ0) is 8.97. The molecule has 0 aliphatic carbocycles. The van der Waals surface area contributed by atoms with Crippen LogP contribution in [0.2, 0.25) is 0 Å². The van der Waals surface area contributed by atoms with Crippen molar-refractivity contribution in [3.63, 3.8) is 0 Å². The summed E-state index contributed by atoms with van der Waals surface area (Å²) in [4.78, 5) is 11.3. The number of nitrogens with one attached hydrogen (secondary N) is 1. The molecule has 0 aromatic heterocycles. The van der Waals surface area contributed by atoms with Crippen molar-refractivity contribution in [2.75, 3.05) is 5.75 Å². The van der Waals surface area contributed by atoms with Gasteiger partial charge in [-0.2, -0.15) is 0 Å². The monoisotopic (exact) mass is 244 g/mol. The number of carbonyl (C=O) groups is 1. The van der Waals surface area contributed by atoms with Gasteiger partial charge in [0.1, 0.15) is 0 Å². The van der Waals surface area contributed by atoms with E-state index in [-0.39, 0.29) is 5.75 Å². The zero-order valence-corrected chi connectivity index (χ0v) is 8.61. The summed E-state index contributed by atoms with van der Waals surface area (Å²) >= 11 is 4.70. The lowest BCUT2D eigenvalue weighted by molar-refractivity contribution is -0.116. The fourth-order valence-corrected chi connectivity index (χ4v) is 1.94. The summed E-state index contributed by atoms with van der Waals surface area (Å²) in [5.74, 6) is -0.323. The summed E-state index contributed by atoms with van der Waals surface area (Å²) in [6.07, 6.45) is 0. The maximum atomic E-state index is 10.3. The van der Waals surface area contributed by atoms with Gasteiger partial charge >= 0.3 is 0 Å². The first kappa shape index (κ1) is 9.61. The van der Waals surface area contributed by atoms with Crippen molar-refractivity contribution in [1.29, 1.82) is 0 Å². The second-order valence-corrected chi connectivity index (χ2v) is 4.13. The second kappa shape index (κ2) is 4.52. The van der Waals surface area contributed by atoms with E-state index in [1.807, 2.05) is 24.3 Å². The predicted octanol–water partition coefficient (Wildman–Crippen LogP) is 2.35. The highest BCUT2D eigenvalue weighted by molar-refractivity contribution is 9.10. The maximum Gasteiger partial charge on any atom is 0.248 e. The molecule has 1 amide bonds. The maximum absolute atomic E-state index is 10.3. The Morgan fingerprint density at radius 3 is 2.92 bits per heavy atom. The molecule has 0 unspecified atom stereocenters. The number of benzene rings is 1. The number of amides is 1. The first-order valence-electron chi connectivity index (χ1n) is 3.31. The van der Waals surface area contributed by atoms with Gasteiger partial charge in [-0.25, -0.2) is 0 Å². The molecule has 4 heteroatoms. The second-order valence-electron chi connectivity index (χ2n) is 2.17. The van der Waals surface area contributed by atoms with Crippen LogP contribution in [-0.2, 0) is 4.79 Å². The highest BCUT2D eigenvalue weighted by atomic mass is 79.9. The Morgan fingerprint density at radius 2 is 2.33 bits per heavy atom. The van der Waals surface area contributed by atoms with Crippen LogP contribution in [0.25, 0.3) is 0 Å². The Hall–Kier alpha value is -0.480. The van der Waals surface area contributed by atoms with Gasteiger partial charge in [-0.1, -0.05) is 22.0 Å². The van der Waals surface area contributed by atoms with E-state index in [9.17, 15) is 4.79 Å². The average molecular weight is 245 g/mol. The molecule has 0 heterocycles. The van der Waals surface area contributed by atoms with Crippen molar-refractivity contribution in [3.8, 4) is 0 Å². The van der Waals surface area contributed by atoms with Gasteiger partial charge in [-0.3, -0.25) is 10.5 Å². The lowest BCUT2D eigenvalue weighted by Crippen LogP contribution is -1.99. The van der Waals surface area contributed by atoms with Crippen molar-refractivity contribution in [3.05, 3.63) is 28.7 Å². The molecule has 0 saturated carbocycles. The number of halogens is 1. The molecule has 0 bridgehead atoms. The van der Waals surface area contributed by atoms with E-state index >= 15 is 0 Å². The highest BCUT2D eigenvalue weighted by Gasteiger charge is 1.98. The molecule has 1 aromatic rings. The summed E-state index contributed by atoms with van der Waals surface area (Å²) in [7, 11) is 0. The third kappa shape index (κ3) is 3.28. The van der Waals surface area contributed by atoms with E-state index in [1.165, 1.54) is 11.8 Å². The van der Waals surface area contributed by atoms with Gasteiger partial charge in [0.15, 0.2) is 0 Å². The van der Waals surface area contributed by atoms with Crippen LogP contribution in [0, 0.1) is 0 Å². The van der Waals surface area contributed by atoms with Gasteiger partial charge < -0.3 is 0 Å². The van der Waals surface area contributed by atoms with Crippen molar-refractivity contribution in [1.82, 2.24) is 5.73 Å². The number of hydrogen-bond donors (Lipinski definition) is 0. The zero-order valence-electron chi connectivity index (χ0n) is 6.21. The van der Waals surface area contributed by atoms with Crippen LogP contribution in [0.15, 0.2) is 33.6 Å². The van der Waals surface area contributed by atoms with Gasteiger partial charge in [0.25, 0.3) is 0 Å². The first-order valence-corrected chi connectivity index (χ1v) is 5.09. The normalized spacial score (nSPS) is 9.75. The number of rotatable bonds is 3. The van der Waals surface area contributed by atoms with Crippen LogP contribution in [0.4, 0.5) is 0 Å². The molecule has 1 aromatic carbocycles. The molecule has 1 radical (unpaired) electrons. The third-order valence-electron chi connectivity index (χ3n) is 1.17. The minimum atomic E-state index is -0.542. The third-order valence-corrected chi connectivity index (χ3v) is 2.65. The van der Waals surface area contributed by atoms with Gasteiger partial charge in [0.2, 0.25) is 5.91 Å². The van der Waals surface area contributed by atoms with E-state index in [2.05, 4.69) is 15.9 Å². The van der Waals surface area contributed by atoms with Crippen LogP contribution < -0.4 is 5.73 Å². The number of thioether (sulfide) groups is 1. The molecule has 2 nitrogen and oxygen atoms in total. The fraction of sp³-hybridized carbons (Fsp3) is 0.125. The molecule has 0 aliphatic heterocycles. The minimum Gasteiger partial charge on any atom is -0.272 e. The smallest absolute Gasteiger partial charge is 0.248 e. The van der Waals surface area contributed by atoms with Crippen LogP contribution in [0.5, 0.6) is 0 Å². The summed E-state index contributed by atoms with van der Waals surface area (Å²) < 4.78 is 0.991. The Morgan fingerprint density at radius 1 is 1.58 bits per heavy atom. The van der Waals surface area contributed by atoms with E-state index in [0.29, 0.717) is 0 Å². The van der Waals surface area contributed by atoms with E-state index in [4.69, 9.17) is 5.73 Å². The standard InChI is InChI=1S/C8H7BrNOS/c9-6-2-1-3-7(4-6)12-5-8(10)11/h1-4,10H,5H2. The first-order chi connectivity index (χ1) is 5.68. The van der Waals surface area contributed by atoms with Crippen molar-refractivity contribution in [2.45, 2.75) is 4.90 Å². The van der Waals surface area contributed by atoms with Crippen LogP contribution in [0.1, 0.15) is 0 Å². The summed E-state index contributed by atoms with van der Waals surface area (Å²) in [6, 6.07) is 7.67.